The molecule has 0 spiro atoms. The van der Waals surface area contributed by atoms with Gasteiger partial charge in [-0.1, -0.05) is 18.2 Å². The standard InChI is InChI=1S/C12H9FO2/c13-9-4-3-5-10(8-9)15-12-7-2-1-6-11(12)14/h1-8,14H. The molecular weight excluding hydrogens is 195 g/mol. The first kappa shape index (κ1) is 9.52. The van der Waals surface area contributed by atoms with E-state index >= 15 is 0 Å². The summed E-state index contributed by atoms with van der Waals surface area (Å²) < 4.78 is 18.1. The number of phenolic OH excluding ortho intramolecular Hbond substituents is 1. The molecule has 0 aromatic heterocycles. The number of benzene rings is 2. The molecule has 0 amide bonds. The van der Waals surface area contributed by atoms with Gasteiger partial charge >= 0.3 is 0 Å². The predicted octanol–water partition coefficient (Wildman–Crippen LogP) is 3.32. The quantitative estimate of drug-likeness (QED) is 0.813. The van der Waals surface area contributed by atoms with E-state index in [0.717, 1.165) is 0 Å². The summed E-state index contributed by atoms with van der Waals surface area (Å²) in [6.07, 6.45) is 0. The summed E-state index contributed by atoms with van der Waals surface area (Å²) in [5.74, 6) is 0.323. The molecule has 0 atom stereocenters. The van der Waals surface area contributed by atoms with E-state index in [1.165, 1.54) is 18.2 Å². The third-order valence-corrected chi connectivity index (χ3v) is 1.89. The molecule has 2 aromatic carbocycles. The summed E-state index contributed by atoms with van der Waals surface area (Å²) in [4.78, 5) is 0. The van der Waals surface area contributed by atoms with E-state index < -0.39 is 0 Å². The van der Waals surface area contributed by atoms with Gasteiger partial charge in [-0.2, -0.15) is 0 Å². The average Bonchev–Trinajstić information content (AvgIpc) is 2.22. The normalized spacial score (nSPS) is 9.93. The number of para-hydroxylation sites is 2. The monoisotopic (exact) mass is 204 g/mol. The third kappa shape index (κ3) is 2.26. The molecule has 0 radical (unpaired) electrons. The van der Waals surface area contributed by atoms with Crippen LogP contribution in [0.5, 0.6) is 17.2 Å². The fourth-order valence-corrected chi connectivity index (χ4v) is 1.20. The molecule has 0 saturated heterocycles. The Morgan fingerprint density at radius 2 is 1.80 bits per heavy atom. The van der Waals surface area contributed by atoms with Gasteiger partial charge in [0, 0.05) is 6.07 Å². The van der Waals surface area contributed by atoms with E-state index in [1.807, 2.05) is 0 Å². The largest absolute Gasteiger partial charge is 0.504 e. The highest BCUT2D eigenvalue weighted by Crippen LogP contribution is 2.29. The topological polar surface area (TPSA) is 29.5 Å². The Bertz CT molecular complexity index is 469. The van der Waals surface area contributed by atoms with Crippen LogP contribution < -0.4 is 4.74 Å². The number of hydrogen-bond acceptors (Lipinski definition) is 2. The average molecular weight is 204 g/mol. The number of halogens is 1. The number of ether oxygens (including phenoxy) is 1. The van der Waals surface area contributed by atoms with Crippen molar-refractivity contribution in [3.05, 3.63) is 54.3 Å². The SMILES string of the molecule is Oc1ccccc1Oc1cccc(F)c1. The molecule has 2 rings (SSSR count). The second-order valence-corrected chi connectivity index (χ2v) is 3.03. The van der Waals surface area contributed by atoms with Gasteiger partial charge in [-0.25, -0.2) is 4.39 Å². The smallest absolute Gasteiger partial charge is 0.169 e. The van der Waals surface area contributed by atoms with Gasteiger partial charge in [0.25, 0.3) is 0 Å². The maximum Gasteiger partial charge on any atom is 0.169 e. The fraction of sp³-hybridized carbons (Fsp3) is 0. The molecule has 0 fully saturated rings. The van der Waals surface area contributed by atoms with E-state index in [4.69, 9.17) is 4.74 Å². The summed E-state index contributed by atoms with van der Waals surface area (Å²) in [7, 11) is 0. The third-order valence-electron chi connectivity index (χ3n) is 1.89. The second-order valence-electron chi connectivity index (χ2n) is 3.03. The number of phenols is 1. The van der Waals surface area contributed by atoms with E-state index in [-0.39, 0.29) is 11.6 Å². The Balaban J connectivity index is 2.26. The lowest BCUT2D eigenvalue weighted by molar-refractivity contribution is 0.409. The molecule has 0 saturated carbocycles. The van der Waals surface area contributed by atoms with Crippen molar-refractivity contribution in [2.45, 2.75) is 0 Å². The Labute approximate surface area is 86.6 Å². The van der Waals surface area contributed by atoms with Crippen LogP contribution in [0.3, 0.4) is 0 Å². The van der Waals surface area contributed by atoms with Crippen LogP contribution in [0.1, 0.15) is 0 Å². The highest BCUT2D eigenvalue weighted by molar-refractivity contribution is 5.41. The van der Waals surface area contributed by atoms with Crippen LogP contribution >= 0.6 is 0 Å². The molecule has 0 aliphatic rings. The molecule has 0 aliphatic carbocycles. The lowest BCUT2D eigenvalue weighted by atomic mass is 10.3. The minimum atomic E-state index is -0.372. The van der Waals surface area contributed by atoms with Crippen LogP contribution in [-0.2, 0) is 0 Å². The molecular formula is C12H9FO2. The molecule has 0 unspecified atom stereocenters. The summed E-state index contributed by atoms with van der Waals surface area (Å²) in [6.45, 7) is 0. The van der Waals surface area contributed by atoms with Crippen molar-refractivity contribution in [2.24, 2.45) is 0 Å². The Morgan fingerprint density at radius 3 is 2.53 bits per heavy atom. The summed E-state index contributed by atoms with van der Waals surface area (Å²) >= 11 is 0. The maximum atomic E-state index is 12.8. The van der Waals surface area contributed by atoms with Crippen LogP contribution in [0.25, 0.3) is 0 Å². The van der Waals surface area contributed by atoms with Crippen molar-refractivity contribution in [2.75, 3.05) is 0 Å². The number of hydrogen-bond donors (Lipinski definition) is 1. The van der Waals surface area contributed by atoms with Crippen LogP contribution in [0, 0.1) is 5.82 Å². The molecule has 76 valence electrons. The first-order valence-corrected chi connectivity index (χ1v) is 4.47. The zero-order valence-electron chi connectivity index (χ0n) is 7.85. The maximum absolute atomic E-state index is 12.8. The van der Waals surface area contributed by atoms with Gasteiger partial charge in [-0.05, 0) is 24.3 Å². The molecule has 0 aliphatic heterocycles. The Morgan fingerprint density at radius 1 is 1.00 bits per heavy atom. The van der Waals surface area contributed by atoms with E-state index in [9.17, 15) is 9.50 Å². The van der Waals surface area contributed by atoms with Crippen LogP contribution in [0.4, 0.5) is 4.39 Å². The van der Waals surface area contributed by atoms with Gasteiger partial charge in [0.15, 0.2) is 11.5 Å². The zero-order valence-corrected chi connectivity index (χ0v) is 7.85. The van der Waals surface area contributed by atoms with Crippen LogP contribution in [-0.4, -0.2) is 5.11 Å². The van der Waals surface area contributed by atoms with Gasteiger partial charge in [0.1, 0.15) is 11.6 Å². The Hall–Kier alpha value is -2.03. The van der Waals surface area contributed by atoms with Crippen molar-refractivity contribution in [3.8, 4) is 17.2 Å². The van der Waals surface area contributed by atoms with E-state index in [0.29, 0.717) is 11.5 Å². The van der Waals surface area contributed by atoms with Crippen molar-refractivity contribution in [3.63, 3.8) is 0 Å². The number of aromatic hydroxyl groups is 1. The second kappa shape index (κ2) is 4.00. The summed E-state index contributed by atoms with van der Waals surface area (Å²) in [5, 5.41) is 9.42. The predicted molar refractivity (Wildman–Crippen MR) is 54.6 cm³/mol. The summed E-state index contributed by atoms with van der Waals surface area (Å²) in [6, 6.07) is 12.3. The fourth-order valence-electron chi connectivity index (χ4n) is 1.20. The van der Waals surface area contributed by atoms with Crippen molar-refractivity contribution in [1.29, 1.82) is 0 Å². The molecule has 0 heterocycles. The molecule has 1 N–H and O–H groups in total. The van der Waals surface area contributed by atoms with E-state index in [2.05, 4.69) is 0 Å². The minimum Gasteiger partial charge on any atom is -0.504 e. The van der Waals surface area contributed by atoms with Crippen molar-refractivity contribution >= 4 is 0 Å². The highest BCUT2D eigenvalue weighted by atomic mass is 19.1. The van der Waals surface area contributed by atoms with Crippen molar-refractivity contribution < 1.29 is 14.2 Å². The van der Waals surface area contributed by atoms with Crippen molar-refractivity contribution in [1.82, 2.24) is 0 Å². The lowest BCUT2D eigenvalue weighted by Crippen LogP contribution is -1.85. The molecule has 3 heteroatoms. The van der Waals surface area contributed by atoms with Gasteiger partial charge in [-0.3, -0.25) is 0 Å². The van der Waals surface area contributed by atoms with Gasteiger partial charge in [0.05, 0.1) is 0 Å². The van der Waals surface area contributed by atoms with Gasteiger partial charge in [-0.15, -0.1) is 0 Å². The molecule has 2 aromatic rings. The van der Waals surface area contributed by atoms with Crippen LogP contribution in [0.2, 0.25) is 0 Å². The zero-order chi connectivity index (χ0) is 10.7. The highest BCUT2D eigenvalue weighted by Gasteiger charge is 2.02. The lowest BCUT2D eigenvalue weighted by Gasteiger charge is -2.06. The molecule has 2 nitrogen and oxygen atoms in total. The Kier molecular flexibility index (Phi) is 2.54. The summed E-state index contributed by atoms with van der Waals surface area (Å²) in [5.41, 5.74) is 0. The molecule has 15 heavy (non-hydrogen) atoms. The minimum absolute atomic E-state index is 0.0294. The van der Waals surface area contributed by atoms with E-state index in [1.54, 1.807) is 30.3 Å². The van der Waals surface area contributed by atoms with Gasteiger partial charge in [0.2, 0.25) is 0 Å². The van der Waals surface area contributed by atoms with Gasteiger partial charge < -0.3 is 9.84 Å². The first-order chi connectivity index (χ1) is 7.25. The number of rotatable bonds is 2. The molecule has 0 bridgehead atoms. The first-order valence-electron chi connectivity index (χ1n) is 4.47. The van der Waals surface area contributed by atoms with Crippen LogP contribution in [0.15, 0.2) is 48.5 Å².